The largest absolute Gasteiger partial charge is 0.401 e. The van der Waals surface area contributed by atoms with E-state index in [2.05, 4.69) is 5.32 Å². The van der Waals surface area contributed by atoms with E-state index in [-0.39, 0.29) is 12.1 Å². The molecule has 0 fully saturated rings. The van der Waals surface area contributed by atoms with Gasteiger partial charge in [0.1, 0.15) is 0 Å². The molecule has 0 spiro atoms. The Morgan fingerprint density at radius 1 is 1.21 bits per heavy atom. The zero-order valence-corrected chi connectivity index (χ0v) is 9.15. The van der Waals surface area contributed by atoms with E-state index in [0.717, 1.165) is 0 Å². The van der Waals surface area contributed by atoms with Gasteiger partial charge in [0, 0.05) is 18.6 Å². The summed E-state index contributed by atoms with van der Waals surface area (Å²) in [7, 11) is 1.75. The standard InChI is InChI=1S/C9H19F3N2/c1-7(2)14(5-8(3)13-4)6-9(10,11)12/h7-8,13H,5-6H2,1-4H3. The van der Waals surface area contributed by atoms with Gasteiger partial charge in [-0.1, -0.05) is 0 Å². The van der Waals surface area contributed by atoms with Crippen LogP contribution < -0.4 is 5.32 Å². The Kier molecular flexibility index (Phi) is 5.44. The van der Waals surface area contributed by atoms with Crippen molar-refractivity contribution in [2.24, 2.45) is 0 Å². The van der Waals surface area contributed by atoms with Crippen molar-refractivity contribution in [3.8, 4) is 0 Å². The highest BCUT2D eigenvalue weighted by molar-refractivity contribution is 4.72. The van der Waals surface area contributed by atoms with E-state index in [4.69, 9.17) is 0 Å². The number of nitrogens with one attached hydrogen (secondary N) is 1. The van der Waals surface area contributed by atoms with Gasteiger partial charge in [-0.05, 0) is 27.8 Å². The van der Waals surface area contributed by atoms with Gasteiger partial charge in [-0.15, -0.1) is 0 Å². The van der Waals surface area contributed by atoms with Gasteiger partial charge in [0.25, 0.3) is 0 Å². The third-order valence-corrected chi connectivity index (χ3v) is 2.11. The van der Waals surface area contributed by atoms with Crippen molar-refractivity contribution in [3.63, 3.8) is 0 Å². The minimum atomic E-state index is -4.11. The molecule has 0 aromatic rings. The van der Waals surface area contributed by atoms with Crippen molar-refractivity contribution >= 4 is 0 Å². The van der Waals surface area contributed by atoms with E-state index in [1.165, 1.54) is 4.90 Å². The van der Waals surface area contributed by atoms with Crippen LogP contribution in [-0.2, 0) is 0 Å². The molecule has 0 aromatic heterocycles. The lowest BCUT2D eigenvalue weighted by atomic mass is 10.2. The monoisotopic (exact) mass is 212 g/mol. The van der Waals surface area contributed by atoms with Crippen LogP contribution in [0.25, 0.3) is 0 Å². The van der Waals surface area contributed by atoms with E-state index in [1.807, 2.05) is 6.92 Å². The quantitative estimate of drug-likeness (QED) is 0.748. The van der Waals surface area contributed by atoms with Crippen LogP contribution in [0.15, 0.2) is 0 Å². The molecule has 0 radical (unpaired) electrons. The van der Waals surface area contributed by atoms with Gasteiger partial charge in [-0.3, -0.25) is 4.90 Å². The summed E-state index contributed by atoms with van der Waals surface area (Å²) in [5, 5.41) is 2.93. The van der Waals surface area contributed by atoms with Crippen LogP contribution in [0.4, 0.5) is 13.2 Å². The van der Waals surface area contributed by atoms with Gasteiger partial charge < -0.3 is 5.32 Å². The van der Waals surface area contributed by atoms with Crippen LogP contribution in [0.2, 0.25) is 0 Å². The summed E-state index contributed by atoms with van der Waals surface area (Å²) >= 11 is 0. The van der Waals surface area contributed by atoms with Crippen molar-refractivity contribution in [2.45, 2.75) is 39.0 Å². The molecule has 0 rings (SSSR count). The average molecular weight is 212 g/mol. The molecular weight excluding hydrogens is 193 g/mol. The maximum atomic E-state index is 12.2. The van der Waals surface area contributed by atoms with Crippen LogP contribution in [-0.4, -0.2) is 43.3 Å². The Morgan fingerprint density at radius 2 is 1.71 bits per heavy atom. The van der Waals surface area contributed by atoms with Gasteiger partial charge in [-0.2, -0.15) is 13.2 Å². The van der Waals surface area contributed by atoms with E-state index in [1.54, 1.807) is 20.9 Å². The van der Waals surface area contributed by atoms with Crippen LogP contribution in [0, 0.1) is 0 Å². The molecule has 0 aliphatic heterocycles. The normalized spacial score (nSPS) is 15.2. The molecule has 0 saturated heterocycles. The Morgan fingerprint density at radius 3 is 2.00 bits per heavy atom. The van der Waals surface area contributed by atoms with Crippen molar-refractivity contribution in [1.82, 2.24) is 10.2 Å². The van der Waals surface area contributed by atoms with Crippen LogP contribution >= 0.6 is 0 Å². The van der Waals surface area contributed by atoms with Gasteiger partial charge in [0.15, 0.2) is 0 Å². The Labute approximate surface area is 83.5 Å². The van der Waals surface area contributed by atoms with E-state index in [9.17, 15) is 13.2 Å². The fraction of sp³-hybridized carbons (Fsp3) is 1.00. The first-order valence-corrected chi connectivity index (χ1v) is 4.74. The fourth-order valence-corrected chi connectivity index (χ4v) is 1.13. The maximum absolute atomic E-state index is 12.2. The molecule has 1 atom stereocenters. The first-order valence-electron chi connectivity index (χ1n) is 4.74. The lowest BCUT2D eigenvalue weighted by Crippen LogP contribution is -2.45. The Hall–Kier alpha value is -0.290. The molecule has 1 unspecified atom stereocenters. The van der Waals surface area contributed by atoms with Crippen LogP contribution in [0.5, 0.6) is 0 Å². The highest BCUT2D eigenvalue weighted by atomic mass is 19.4. The van der Waals surface area contributed by atoms with Gasteiger partial charge >= 0.3 is 6.18 Å². The molecule has 0 aliphatic rings. The number of likely N-dealkylation sites (N-methyl/N-ethyl adjacent to an activating group) is 1. The van der Waals surface area contributed by atoms with Crippen LogP contribution in [0.1, 0.15) is 20.8 Å². The third kappa shape index (κ3) is 6.21. The zero-order valence-electron chi connectivity index (χ0n) is 9.15. The molecule has 0 saturated carbocycles. The highest BCUT2D eigenvalue weighted by Gasteiger charge is 2.31. The molecule has 0 aliphatic carbocycles. The minimum Gasteiger partial charge on any atom is -0.316 e. The summed E-state index contributed by atoms with van der Waals surface area (Å²) in [6.45, 7) is 4.98. The molecule has 0 bridgehead atoms. The molecule has 0 aromatic carbocycles. The number of hydrogen-bond acceptors (Lipinski definition) is 2. The second-order valence-corrected chi connectivity index (χ2v) is 3.83. The number of nitrogens with zero attached hydrogens (tertiary/aromatic N) is 1. The van der Waals surface area contributed by atoms with Crippen molar-refractivity contribution in [3.05, 3.63) is 0 Å². The number of rotatable bonds is 5. The summed E-state index contributed by atoms with van der Waals surface area (Å²) < 4.78 is 36.5. The van der Waals surface area contributed by atoms with Crippen LogP contribution in [0.3, 0.4) is 0 Å². The predicted molar refractivity (Wildman–Crippen MR) is 51.3 cm³/mol. The molecule has 0 heterocycles. The Bertz CT molecular complexity index is 157. The summed E-state index contributed by atoms with van der Waals surface area (Å²) in [5.41, 5.74) is 0. The lowest BCUT2D eigenvalue weighted by Gasteiger charge is -2.29. The first-order chi connectivity index (χ1) is 6.26. The van der Waals surface area contributed by atoms with Crippen molar-refractivity contribution in [1.29, 1.82) is 0 Å². The first kappa shape index (κ1) is 13.7. The second kappa shape index (κ2) is 5.56. The van der Waals surface area contributed by atoms with Gasteiger partial charge in [0.2, 0.25) is 0 Å². The highest BCUT2D eigenvalue weighted by Crippen LogP contribution is 2.18. The summed E-state index contributed by atoms with van der Waals surface area (Å²) in [6.07, 6.45) is -4.11. The van der Waals surface area contributed by atoms with E-state index >= 15 is 0 Å². The van der Waals surface area contributed by atoms with Gasteiger partial charge in [0.05, 0.1) is 6.54 Å². The number of halogens is 3. The molecular formula is C9H19F3N2. The van der Waals surface area contributed by atoms with E-state index < -0.39 is 12.7 Å². The third-order valence-electron chi connectivity index (χ3n) is 2.11. The average Bonchev–Trinajstić information content (AvgIpc) is 2.00. The lowest BCUT2D eigenvalue weighted by molar-refractivity contribution is -0.150. The van der Waals surface area contributed by atoms with Gasteiger partial charge in [-0.25, -0.2) is 0 Å². The molecule has 0 amide bonds. The topological polar surface area (TPSA) is 15.3 Å². The number of hydrogen-bond donors (Lipinski definition) is 1. The summed E-state index contributed by atoms with van der Waals surface area (Å²) in [4.78, 5) is 1.42. The molecule has 2 nitrogen and oxygen atoms in total. The van der Waals surface area contributed by atoms with Crippen molar-refractivity contribution in [2.75, 3.05) is 20.1 Å². The SMILES string of the molecule is CNC(C)CN(CC(F)(F)F)C(C)C. The second-order valence-electron chi connectivity index (χ2n) is 3.83. The maximum Gasteiger partial charge on any atom is 0.401 e. The van der Waals surface area contributed by atoms with Crippen molar-refractivity contribution < 1.29 is 13.2 Å². The summed E-state index contributed by atoms with van der Waals surface area (Å²) in [6, 6.07) is -0.0211. The summed E-state index contributed by atoms with van der Waals surface area (Å²) in [5.74, 6) is 0. The molecule has 86 valence electrons. The zero-order chi connectivity index (χ0) is 11.4. The Balaban J connectivity index is 4.16. The minimum absolute atomic E-state index is 0.0692. The molecule has 1 N–H and O–H groups in total. The predicted octanol–water partition coefficient (Wildman–Crippen LogP) is 1.87. The number of alkyl halides is 3. The smallest absolute Gasteiger partial charge is 0.316 e. The molecule has 5 heteroatoms. The molecule has 14 heavy (non-hydrogen) atoms. The fourth-order valence-electron chi connectivity index (χ4n) is 1.13. The van der Waals surface area contributed by atoms with E-state index in [0.29, 0.717) is 6.54 Å².